The standard InChI is InChI=1S/C3H8.FH.Na/c1-3-2;;/h3H2,1-2H3;1H;/q;;+1/p-1. The summed E-state index contributed by atoms with van der Waals surface area (Å²) in [5.41, 5.74) is 0. The maximum atomic E-state index is 2.12. The second-order valence-corrected chi connectivity index (χ2v) is 0.707. The third kappa shape index (κ3) is 48.9. The molecule has 0 rings (SSSR count). The molecule has 0 aliphatic carbocycles. The van der Waals surface area contributed by atoms with E-state index in [0.29, 0.717) is 0 Å². The summed E-state index contributed by atoms with van der Waals surface area (Å²) >= 11 is 0. The Bertz CT molecular complexity index is 6.85. The summed E-state index contributed by atoms with van der Waals surface area (Å²) in [5.74, 6) is 0. The van der Waals surface area contributed by atoms with Crippen LogP contribution in [-0.2, 0) is 0 Å². The summed E-state index contributed by atoms with van der Waals surface area (Å²) in [4.78, 5) is 0. The third-order valence-corrected chi connectivity index (χ3v) is 0. The molecule has 0 fully saturated rings. The zero-order valence-electron chi connectivity index (χ0n) is 4.09. The molecule has 28 valence electrons. The molecule has 0 N–H and O–H groups in total. The molecule has 0 spiro atoms. The molecule has 0 unspecified atom stereocenters. The Kier molecular flexibility index (Phi) is 68.6. The SMILES string of the molecule is CCC.[F-].[Na+]. The van der Waals surface area contributed by atoms with E-state index in [9.17, 15) is 0 Å². The average molecular weight is 86.1 g/mol. The van der Waals surface area contributed by atoms with Gasteiger partial charge in [-0.2, -0.15) is 0 Å². The minimum Gasteiger partial charge on any atom is -1.00 e. The van der Waals surface area contributed by atoms with Gasteiger partial charge in [0.05, 0.1) is 0 Å². The van der Waals surface area contributed by atoms with Crippen molar-refractivity contribution >= 4 is 0 Å². The van der Waals surface area contributed by atoms with Crippen LogP contribution in [0.4, 0.5) is 0 Å². The zero-order valence-corrected chi connectivity index (χ0v) is 6.09. The van der Waals surface area contributed by atoms with Crippen LogP contribution < -0.4 is 34.3 Å². The van der Waals surface area contributed by atoms with Crippen LogP contribution in [-0.4, -0.2) is 0 Å². The molecule has 0 saturated heterocycles. The van der Waals surface area contributed by atoms with Gasteiger partial charge >= 0.3 is 29.6 Å². The van der Waals surface area contributed by atoms with E-state index in [1.807, 2.05) is 0 Å². The fourth-order valence-electron chi connectivity index (χ4n) is 0. The van der Waals surface area contributed by atoms with Crippen LogP contribution in [0.3, 0.4) is 0 Å². The summed E-state index contributed by atoms with van der Waals surface area (Å²) < 4.78 is 0. The normalized spacial score (nSPS) is 3.60. The maximum Gasteiger partial charge on any atom is 1.00 e. The molecule has 0 aromatic rings. The number of halogens is 1. The molecular weight excluding hydrogens is 78.0 g/mol. The van der Waals surface area contributed by atoms with E-state index in [4.69, 9.17) is 0 Å². The first-order valence-corrected chi connectivity index (χ1v) is 1.41. The molecule has 0 heterocycles. The van der Waals surface area contributed by atoms with Crippen molar-refractivity contribution in [2.45, 2.75) is 20.3 Å². The predicted octanol–water partition coefficient (Wildman–Crippen LogP) is -4.58. The molecule has 0 bridgehead atoms. The summed E-state index contributed by atoms with van der Waals surface area (Å²) in [7, 11) is 0. The molecule has 5 heavy (non-hydrogen) atoms. The van der Waals surface area contributed by atoms with Gasteiger partial charge in [-0.1, -0.05) is 20.3 Å². The van der Waals surface area contributed by atoms with E-state index in [-0.39, 0.29) is 34.3 Å². The fourth-order valence-corrected chi connectivity index (χ4v) is 0. The van der Waals surface area contributed by atoms with Gasteiger partial charge in [0.15, 0.2) is 0 Å². The smallest absolute Gasteiger partial charge is 1.00 e. The Morgan fingerprint density at radius 1 is 1.20 bits per heavy atom. The fraction of sp³-hybridized carbons (Fsp3) is 1.00. The number of hydrogen-bond donors (Lipinski definition) is 0. The summed E-state index contributed by atoms with van der Waals surface area (Å²) in [6.07, 6.45) is 1.25. The molecule has 2 heteroatoms. The van der Waals surface area contributed by atoms with Crippen molar-refractivity contribution in [2.24, 2.45) is 0 Å². The molecule has 0 atom stereocenters. The first-order valence-electron chi connectivity index (χ1n) is 1.41. The topological polar surface area (TPSA) is 0 Å². The van der Waals surface area contributed by atoms with Crippen LogP contribution in [0.1, 0.15) is 20.3 Å². The summed E-state index contributed by atoms with van der Waals surface area (Å²) in [6.45, 7) is 4.25. The van der Waals surface area contributed by atoms with Gasteiger partial charge < -0.3 is 4.70 Å². The van der Waals surface area contributed by atoms with Crippen molar-refractivity contribution < 1.29 is 34.3 Å². The van der Waals surface area contributed by atoms with Crippen molar-refractivity contribution in [3.05, 3.63) is 0 Å². The van der Waals surface area contributed by atoms with Crippen molar-refractivity contribution in [3.8, 4) is 0 Å². The average Bonchev–Trinajstić information content (AvgIpc) is 0.918. The van der Waals surface area contributed by atoms with Crippen molar-refractivity contribution in [1.29, 1.82) is 0 Å². The Morgan fingerprint density at radius 2 is 1.20 bits per heavy atom. The molecule has 0 aliphatic rings. The molecule has 0 radical (unpaired) electrons. The van der Waals surface area contributed by atoms with E-state index in [0.717, 1.165) is 0 Å². The van der Waals surface area contributed by atoms with Crippen LogP contribution in [0.15, 0.2) is 0 Å². The van der Waals surface area contributed by atoms with Crippen LogP contribution >= 0.6 is 0 Å². The maximum absolute atomic E-state index is 2.12. The van der Waals surface area contributed by atoms with E-state index in [1.54, 1.807) is 0 Å². The monoisotopic (exact) mass is 86.1 g/mol. The van der Waals surface area contributed by atoms with E-state index >= 15 is 0 Å². The Balaban J connectivity index is -0.0000000200. The largest absolute Gasteiger partial charge is 1.00 e. The van der Waals surface area contributed by atoms with Crippen molar-refractivity contribution in [1.82, 2.24) is 0 Å². The molecule has 0 saturated carbocycles. The first kappa shape index (κ1) is 16.8. The minimum atomic E-state index is 0. The second-order valence-electron chi connectivity index (χ2n) is 0.707. The van der Waals surface area contributed by atoms with Gasteiger partial charge in [-0.15, -0.1) is 0 Å². The van der Waals surface area contributed by atoms with Gasteiger partial charge in [-0.05, 0) is 0 Å². The molecule has 0 aliphatic heterocycles. The van der Waals surface area contributed by atoms with Gasteiger partial charge in [0.2, 0.25) is 0 Å². The number of hydrogen-bond acceptors (Lipinski definition) is 0. The Hall–Kier alpha value is 0.930. The van der Waals surface area contributed by atoms with Gasteiger partial charge in [0.1, 0.15) is 0 Å². The quantitative estimate of drug-likeness (QED) is 0.260. The van der Waals surface area contributed by atoms with Gasteiger partial charge in [0.25, 0.3) is 0 Å². The van der Waals surface area contributed by atoms with Crippen LogP contribution in [0.2, 0.25) is 0 Å². The molecule has 0 aromatic carbocycles. The third-order valence-electron chi connectivity index (χ3n) is 0. The van der Waals surface area contributed by atoms with Gasteiger partial charge in [-0.3, -0.25) is 0 Å². The first-order chi connectivity index (χ1) is 1.41. The molecule has 0 nitrogen and oxygen atoms in total. The van der Waals surface area contributed by atoms with Crippen molar-refractivity contribution in [3.63, 3.8) is 0 Å². The van der Waals surface area contributed by atoms with E-state index in [2.05, 4.69) is 13.8 Å². The summed E-state index contributed by atoms with van der Waals surface area (Å²) in [6, 6.07) is 0. The minimum absolute atomic E-state index is 0. The molecule has 0 amide bonds. The number of rotatable bonds is 0. The van der Waals surface area contributed by atoms with Crippen molar-refractivity contribution in [2.75, 3.05) is 0 Å². The Morgan fingerprint density at radius 3 is 1.20 bits per heavy atom. The molecule has 0 aromatic heterocycles. The Labute approximate surface area is 54.6 Å². The second kappa shape index (κ2) is 20.4. The van der Waals surface area contributed by atoms with Gasteiger partial charge in [-0.25, -0.2) is 0 Å². The van der Waals surface area contributed by atoms with Crippen LogP contribution in [0.25, 0.3) is 0 Å². The van der Waals surface area contributed by atoms with Gasteiger partial charge in [0, 0.05) is 0 Å². The predicted molar refractivity (Wildman–Crippen MR) is 16.0 cm³/mol. The zero-order chi connectivity index (χ0) is 2.71. The van der Waals surface area contributed by atoms with E-state index < -0.39 is 0 Å². The van der Waals surface area contributed by atoms with Crippen LogP contribution in [0, 0.1) is 0 Å². The molecular formula is C3H8FNa. The summed E-state index contributed by atoms with van der Waals surface area (Å²) in [5, 5.41) is 0. The van der Waals surface area contributed by atoms with E-state index in [1.165, 1.54) is 6.42 Å². The van der Waals surface area contributed by atoms with Crippen LogP contribution in [0.5, 0.6) is 0 Å².